The van der Waals surface area contributed by atoms with Crippen LogP contribution in [0.3, 0.4) is 0 Å². The summed E-state index contributed by atoms with van der Waals surface area (Å²) in [5, 5.41) is 9.14. The van der Waals surface area contributed by atoms with Gasteiger partial charge in [0.25, 0.3) is 0 Å². The number of benzene rings is 2. The molecule has 26 heavy (non-hydrogen) atoms. The number of halogens is 4. The molecule has 7 heteroatoms. The summed E-state index contributed by atoms with van der Waals surface area (Å²) < 4.78 is 38.4. The molecule has 1 fully saturated rings. The Morgan fingerprint density at radius 3 is 2.62 bits per heavy atom. The van der Waals surface area contributed by atoms with Crippen molar-refractivity contribution in [1.82, 2.24) is 0 Å². The first-order chi connectivity index (χ1) is 12.3. The standard InChI is InChI=1S/C19H17ClF3NO2/c20-16-10-14(19(21,22)23)5-6-17(16)24-8-7-13(11-24)15-4-2-1-3-12(15)9-18(25)26/h1-6,10,13H,7-9,11H2,(H,25,26). The fourth-order valence-electron chi connectivity index (χ4n) is 3.43. The van der Waals surface area contributed by atoms with E-state index >= 15 is 0 Å². The van der Waals surface area contributed by atoms with Crippen LogP contribution in [-0.2, 0) is 17.4 Å². The van der Waals surface area contributed by atoms with Crippen molar-refractivity contribution in [3.05, 3.63) is 64.2 Å². The van der Waals surface area contributed by atoms with E-state index in [0.717, 1.165) is 29.7 Å². The van der Waals surface area contributed by atoms with Gasteiger partial charge in [-0.1, -0.05) is 35.9 Å². The van der Waals surface area contributed by atoms with Gasteiger partial charge in [-0.2, -0.15) is 13.2 Å². The Labute approximate surface area is 154 Å². The molecule has 2 aromatic carbocycles. The van der Waals surface area contributed by atoms with Gasteiger partial charge < -0.3 is 10.0 Å². The third kappa shape index (κ3) is 3.96. The third-order valence-electron chi connectivity index (χ3n) is 4.64. The van der Waals surface area contributed by atoms with Crippen LogP contribution in [0.15, 0.2) is 42.5 Å². The minimum atomic E-state index is -4.43. The molecule has 0 aromatic heterocycles. The van der Waals surface area contributed by atoms with E-state index in [1.807, 2.05) is 17.0 Å². The summed E-state index contributed by atoms with van der Waals surface area (Å²) in [6, 6.07) is 10.8. The van der Waals surface area contributed by atoms with Gasteiger partial charge in [0, 0.05) is 19.0 Å². The number of nitrogens with zero attached hydrogens (tertiary/aromatic N) is 1. The van der Waals surface area contributed by atoms with E-state index in [1.165, 1.54) is 6.07 Å². The van der Waals surface area contributed by atoms with Crippen LogP contribution in [0.2, 0.25) is 5.02 Å². The second-order valence-electron chi connectivity index (χ2n) is 6.36. The van der Waals surface area contributed by atoms with E-state index in [1.54, 1.807) is 12.1 Å². The van der Waals surface area contributed by atoms with Gasteiger partial charge in [-0.3, -0.25) is 4.79 Å². The number of carbonyl (C=O) groups is 1. The van der Waals surface area contributed by atoms with Gasteiger partial charge in [0.2, 0.25) is 0 Å². The summed E-state index contributed by atoms with van der Waals surface area (Å²) in [4.78, 5) is 13.0. The van der Waals surface area contributed by atoms with Crippen LogP contribution in [0.4, 0.5) is 18.9 Å². The number of aliphatic carboxylic acids is 1. The van der Waals surface area contributed by atoms with Gasteiger partial charge in [-0.25, -0.2) is 0 Å². The normalized spacial score (nSPS) is 17.5. The zero-order chi connectivity index (χ0) is 18.9. The molecule has 1 saturated heterocycles. The van der Waals surface area contributed by atoms with E-state index in [2.05, 4.69) is 0 Å². The molecule has 1 atom stereocenters. The van der Waals surface area contributed by atoms with Crippen molar-refractivity contribution in [2.45, 2.75) is 24.9 Å². The largest absolute Gasteiger partial charge is 0.481 e. The zero-order valence-corrected chi connectivity index (χ0v) is 14.5. The highest BCUT2D eigenvalue weighted by Crippen LogP contribution is 2.38. The molecular formula is C19H17ClF3NO2. The third-order valence-corrected chi connectivity index (χ3v) is 4.94. The minimum Gasteiger partial charge on any atom is -0.481 e. The number of hydrogen-bond acceptors (Lipinski definition) is 2. The van der Waals surface area contributed by atoms with Crippen molar-refractivity contribution in [1.29, 1.82) is 0 Å². The Kier molecular flexibility index (Phi) is 5.14. The number of anilines is 1. The van der Waals surface area contributed by atoms with Crippen LogP contribution < -0.4 is 4.90 Å². The van der Waals surface area contributed by atoms with Crippen molar-refractivity contribution in [2.75, 3.05) is 18.0 Å². The molecule has 0 aliphatic carbocycles. The monoisotopic (exact) mass is 383 g/mol. The van der Waals surface area contributed by atoms with Crippen LogP contribution >= 0.6 is 11.6 Å². The molecule has 3 rings (SSSR count). The lowest BCUT2D eigenvalue weighted by Gasteiger charge is -2.22. The summed E-state index contributed by atoms with van der Waals surface area (Å²) in [5.74, 6) is -0.776. The lowest BCUT2D eigenvalue weighted by molar-refractivity contribution is -0.138. The smallest absolute Gasteiger partial charge is 0.416 e. The maximum atomic E-state index is 12.8. The second-order valence-corrected chi connectivity index (χ2v) is 6.77. The maximum absolute atomic E-state index is 12.8. The van der Waals surface area contributed by atoms with Crippen LogP contribution in [0, 0.1) is 0 Å². The molecule has 2 aromatic rings. The van der Waals surface area contributed by atoms with Gasteiger partial charge in [0.15, 0.2) is 0 Å². The minimum absolute atomic E-state index is 0.0479. The first-order valence-corrected chi connectivity index (χ1v) is 8.55. The van der Waals surface area contributed by atoms with Crippen LogP contribution in [0.5, 0.6) is 0 Å². The quantitative estimate of drug-likeness (QED) is 0.809. The highest BCUT2D eigenvalue weighted by atomic mass is 35.5. The molecule has 1 unspecified atom stereocenters. The van der Waals surface area contributed by atoms with Crippen molar-refractivity contribution in [3.63, 3.8) is 0 Å². The Balaban J connectivity index is 1.81. The topological polar surface area (TPSA) is 40.5 Å². The molecule has 0 saturated carbocycles. The number of carboxylic acids is 1. The van der Waals surface area contributed by atoms with E-state index in [-0.39, 0.29) is 17.4 Å². The molecule has 0 bridgehead atoms. The highest BCUT2D eigenvalue weighted by molar-refractivity contribution is 6.33. The van der Waals surface area contributed by atoms with Gasteiger partial charge in [0.05, 0.1) is 22.7 Å². The fraction of sp³-hybridized carbons (Fsp3) is 0.316. The van der Waals surface area contributed by atoms with Crippen LogP contribution in [0.25, 0.3) is 0 Å². The average molecular weight is 384 g/mol. The summed E-state index contributed by atoms with van der Waals surface area (Å²) in [6.45, 7) is 1.23. The van der Waals surface area contributed by atoms with E-state index in [9.17, 15) is 18.0 Å². The van der Waals surface area contributed by atoms with Gasteiger partial charge >= 0.3 is 12.1 Å². The fourth-order valence-corrected chi connectivity index (χ4v) is 3.73. The van der Waals surface area contributed by atoms with Crippen molar-refractivity contribution >= 4 is 23.3 Å². The molecule has 0 amide bonds. The Bertz CT molecular complexity index is 823. The van der Waals surface area contributed by atoms with Crippen molar-refractivity contribution in [2.24, 2.45) is 0 Å². The molecule has 0 radical (unpaired) electrons. The Hall–Kier alpha value is -2.21. The Morgan fingerprint density at radius 1 is 1.23 bits per heavy atom. The van der Waals surface area contributed by atoms with Gasteiger partial charge in [0.1, 0.15) is 0 Å². The van der Waals surface area contributed by atoms with Gasteiger partial charge in [-0.15, -0.1) is 0 Å². The van der Waals surface area contributed by atoms with E-state index in [4.69, 9.17) is 16.7 Å². The average Bonchev–Trinajstić information content (AvgIpc) is 3.03. The predicted molar refractivity (Wildman–Crippen MR) is 93.8 cm³/mol. The summed E-state index contributed by atoms with van der Waals surface area (Å²) >= 11 is 6.09. The molecule has 1 aliphatic heterocycles. The van der Waals surface area contributed by atoms with Crippen LogP contribution in [-0.4, -0.2) is 24.2 Å². The lowest BCUT2D eigenvalue weighted by Crippen LogP contribution is -2.20. The van der Waals surface area contributed by atoms with E-state index < -0.39 is 17.7 Å². The number of rotatable bonds is 4. The first-order valence-electron chi connectivity index (χ1n) is 8.17. The summed E-state index contributed by atoms with van der Waals surface area (Å²) in [5.41, 5.74) is 1.54. The Morgan fingerprint density at radius 2 is 1.96 bits per heavy atom. The SMILES string of the molecule is O=C(O)Cc1ccccc1C1CCN(c2ccc(C(F)(F)F)cc2Cl)C1. The molecule has 138 valence electrons. The highest BCUT2D eigenvalue weighted by Gasteiger charge is 2.32. The number of alkyl halides is 3. The lowest BCUT2D eigenvalue weighted by atomic mass is 9.92. The zero-order valence-electron chi connectivity index (χ0n) is 13.8. The molecule has 3 nitrogen and oxygen atoms in total. The predicted octanol–water partition coefficient (Wildman–Crippen LogP) is 4.98. The van der Waals surface area contributed by atoms with Crippen molar-refractivity contribution in [3.8, 4) is 0 Å². The molecule has 1 heterocycles. The molecule has 1 N–H and O–H groups in total. The van der Waals surface area contributed by atoms with E-state index in [0.29, 0.717) is 18.8 Å². The van der Waals surface area contributed by atoms with Gasteiger partial charge in [-0.05, 0) is 35.7 Å². The molecule has 0 spiro atoms. The first kappa shape index (κ1) is 18.6. The maximum Gasteiger partial charge on any atom is 0.416 e. The number of hydrogen-bond donors (Lipinski definition) is 1. The second kappa shape index (κ2) is 7.19. The number of carboxylic acid groups (broad SMARTS) is 1. The summed E-state index contributed by atoms with van der Waals surface area (Å²) in [7, 11) is 0. The van der Waals surface area contributed by atoms with Crippen LogP contribution in [0.1, 0.15) is 29.0 Å². The molecule has 1 aliphatic rings. The summed E-state index contributed by atoms with van der Waals surface area (Å²) in [6.07, 6.45) is -3.69. The van der Waals surface area contributed by atoms with Crippen molar-refractivity contribution < 1.29 is 23.1 Å². The molecular weight excluding hydrogens is 367 g/mol.